The van der Waals surface area contributed by atoms with Crippen molar-refractivity contribution in [3.8, 4) is 0 Å². The highest BCUT2D eigenvalue weighted by Gasteiger charge is 2.24. The number of morpholine rings is 1. The molecule has 1 N–H and O–H groups in total. The molecular weight excluding hydrogens is 282 g/mol. The number of anilines is 1. The number of carbonyl (C=O) groups excluding carboxylic acids is 1. The van der Waals surface area contributed by atoms with Crippen LogP contribution in [-0.2, 0) is 9.53 Å². The molecule has 1 atom stereocenters. The van der Waals surface area contributed by atoms with Crippen LogP contribution >= 0.6 is 0 Å². The molecule has 0 unspecified atom stereocenters. The molecule has 0 radical (unpaired) electrons. The minimum Gasteiger partial charge on any atom is -0.378 e. The van der Waals surface area contributed by atoms with Crippen LogP contribution < -0.4 is 5.32 Å². The van der Waals surface area contributed by atoms with Gasteiger partial charge in [0.1, 0.15) is 6.33 Å². The Balaban J connectivity index is 1.65. The lowest BCUT2D eigenvalue weighted by atomic mass is 10.1. The molecule has 1 fully saturated rings. The summed E-state index contributed by atoms with van der Waals surface area (Å²) in [5.41, 5.74) is 1.34. The van der Waals surface area contributed by atoms with Crippen LogP contribution in [0.5, 0.6) is 0 Å². The molecule has 7 heteroatoms. The molecule has 1 amide bonds. The van der Waals surface area contributed by atoms with Gasteiger partial charge in [-0.3, -0.25) is 14.1 Å². The maximum atomic E-state index is 12.3. The summed E-state index contributed by atoms with van der Waals surface area (Å²) >= 11 is 0. The van der Waals surface area contributed by atoms with Crippen LogP contribution in [0.1, 0.15) is 19.8 Å². The Labute approximate surface area is 129 Å². The quantitative estimate of drug-likeness (QED) is 0.897. The van der Waals surface area contributed by atoms with E-state index in [1.807, 2.05) is 18.3 Å². The van der Waals surface area contributed by atoms with Gasteiger partial charge in [0.25, 0.3) is 0 Å². The van der Waals surface area contributed by atoms with Gasteiger partial charge in [-0.15, -0.1) is 10.2 Å². The fraction of sp³-hybridized carbons (Fsp3) is 0.533. The first-order valence-electron chi connectivity index (χ1n) is 7.68. The van der Waals surface area contributed by atoms with Gasteiger partial charge in [0.2, 0.25) is 5.91 Å². The normalized spacial score (nSPS) is 19.4. The van der Waals surface area contributed by atoms with Gasteiger partial charge in [-0.1, -0.05) is 6.92 Å². The second-order valence-corrected chi connectivity index (χ2v) is 5.50. The molecule has 1 aliphatic rings. The van der Waals surface area contributed by atoms with Gasteiger partial charge in [0.15, 0.2) is 5.65 Å². The number of nitrogens with zero attached hydrogens (tertiary/aromatic N) is 4. The monoisotopic (exact) mass is 303 g/mol. The zero-order chi connectivity index (χ0) is 15.4. The largest absolute Gasteiger partial charge is 0.378 e. The van der Waals surface area contributed by atoms with Crippen LogP contribution in [0.4, 0.5) is 5.69 Å². The van der Waals surface area contributed by atoms with Crippen molar-refractivity contribution in [2.24, 2.45) is 0 Å². The second kappa shape index (κ2) is 6.85. The Bertz CT molecular complexity index is 640. The zero-order valence-corrected chi connectivity index (χ0v) is 12.7. The highest BCUT2D eigenvalue weighted by atomic mass is 16.5. The van der Waals surface area contributed by atoms with Gasteiger partial charge in [0.05, 0.1) is 18.9 Å². The number of hydrogen-bond acceptors (Lipinski definition) is 5. The van der Waals surface area contributed by atoms with Gasteiger partial charge >= 0.3 is 0 Å². The van der Waals surface area contributed by atoms with Crippen molar-refractivity contribution in [1.82, 2.24) is 19.5 Å². The van der Waals surface area contributed by atoms with Gasteiger partial charge in [-0.05, 0) is 25.1 Å². The predicted octanol–water partition coefficient (Wildman–Crippen LogP) is 1.17. The van der Waals surface area contributed by atoms with Crippen LogP contribution in [0.2, 0.25) is 0 Å². The molecule has 1 aliphatic heterocycles. The van der Waals surface area contributed by atoms with E-state index in [1.165, 1.54) is 0 Å². The summed E-state index contributed by atoms with van der Waals surface area (Å²) in [5, 5.41) is 10.8. The Hall–Kier alpha value is -1.99. The first-order valence-corrected chi connectivity index (χ1v) is 7.68. The smallest absolute Gasteiger partial charge is 0.226 e. The second-order valence-electron chi connectivity index (χ2n) is 5.50. The van der Waals surface area contributed by atoms with Crippen LogP contribution in [0.3, 0.4) is 0 Å². The first kappa shape index (κ1) is 14.9. The first-order chi connectivity index (χ1) is 10.8. The molecular formula is C15H21N5O2. The molecule has 3 heterocycles. The number of rotatable bonds is 5. The van der Waals surface area contributed by atoms with Crippen molar-refractivity contribution in [3.05, 3.63) is 24.7 Å². The number of fused-ring (bicyclic) bond motifs is 1. The highest BCUT2D eigenvalue weighted by molar-refractivity contribution is 5.94. The maximum Gasteiger partial charge on any atom is 0.226 e. The van der Waals surface area contributed by atoms with Gasteiger partial charge in [0, 0.05) is 25.2 Å². The summed E-state index contributed by atoms with van der Waals surface area (Å²) in [4.78, 5) is 14.7. The lowest BCUT2D eigenvalue weighted by molar-refractivity contribution is -0.119. The molecule has 7 nitrogen and oxygen atoms in total. The van der Waals surface area contributed by atoms with Crippen LogP contribution in [0, 0.1) is 0 Å². The third kappa shape index (κ3) is 3.26. The number of amides is 1. The molecule has 2 aromatic heterocycles. The van der Waals surface area contributed by atoms with E-state index < -0.39 is 0 Å². The predicted molar refractivity (Wildman–Crippen MR) is 82.7 cm³/mol. The minimum absolute atomic E-state index is 0.0206. The third-order valence-electron chi connectivity index (χ3n) is 3.88. The molecule has 0 aliphatic carbocycles. The fourth-order valence-electron chi connectivity index (χ4n) is 2.82. The number of pyridine rings is 1. The maximum absolute atomic E-state index is 12.3. The summed E-state index contributed by atoms with van der Waals surface area (Å²) in [6.45, 7) is 5.41. The van der Waals surface area contributed by atoms with Crippen molar-refractivity contribution < 1.29 is 9.53 Å². The van der Waals surface area contributed by atoms with E-state index in [0.29, 0.717) is 24.4 Å². The molecule has 3 rings (SSSR count). The fourth-order valence-corrected chi connectivity index (χ4v) is 2.82. The zero-order valence-electron chi connectivity index (χ0n) is 12.7. The molecule has 0 aromatic carbocycles. The number of carbonyl (C=O) groups is 1. The summed E-state index contributed by atoms with van der Waals surface area (Å²) in [7, 11) is 0. The Morgan fingerprint density at radius 3 is 3.32 bits per heavy atom. The lowest BCUT2D eigenvalue weighted by Crippen LogP contribution is -2.47. The highest BCUT2D eigenvalue weighted by Crippen LogP contribution is 2.16. The van der Waals surface area contributed by atoms with Gasteiger partial charge < -0.3 is 10.1 Å². The average molecular weight is 303 g/mol. The average Bonchev–Trinajstić information content (AvgIpc) is 2.99. The SMILES string of the molecule is CCCN1CCOC[C@H]1CC(=O)Nc1cccn2cnnc12. The van der Waals surface area contributed by atoms with Crippen molar-refractivity contribution in [1.29, 1.82) is 0 Å². The van der Waals surface area contributed by atoms with Crippen LogP contribution in [0.15, 0.2) is 24.7 Å². The van der Waals surface area contributed by atoms with E-state index in [1.54, 1.807) is 10.7 Å². The van der Waals surface area contributed by atoms with E-state index in [2.05, 4.69) is 27.3 Å². The molecule has 2 aromatic rings. The van der Waals surface area contributed by atoms with Crippen LogP contribution in [0.25, 0.3) is 5.65 Å². The number of ether oxygens (including phenoxy) is 1. The minimum atomic E-state index is -0.0206. The Kier molecular flexibility index (Phi) is 4.65. The standard InChI is InChI=1S/C15H21N5O2/c1-2-5-19-7-8-22-10-12(19)9-14(21)17-13-4-3-6-20-11-16-18-15(13)20/h3-4,6,11-12H,2,5,7-10H2,1H3,(H,17,21)/t12-/m1/s1. The molecule has 1 saturated heterocycles. The van der Waals surface area contributed by atoms with E-state index in [9.17, 15) is 4.79 Å². The topological polar surface area (TPSA) is 71.8 Å². The van der Waals surface area contributed by atoms with E-state index in [-0.39, 0.29) is 11.9 Å². The number of nitrogens with one attached hydrogen (secondary N) is 1. The summed E-state index contributed by atoms with van der Waals surface area (Å²) in [6, 6.07) is 3.84. The van der Waals surface area contributed by atoms with Crippen molar-refractivity contribution in [3.63, 3.8) is 0 Å². The molecule has 0 spiro atoms. The summed E-state index contributed by atoms with van der Waals surface area (Å²) < 4.78 is 7.30. The molecule has 118 valence electrons. The summed E-state index contributed by atoms with van der Waals surface area (Å²) in [6.07, 6.45) is 4.97. The Morgan fingerprint density at radius 1 is 1.55 bits per heavy atom. The van der Waals surface area contributed by atoms with Crippen molar-refractivity contribution in [2.45, 2.75) is 25.8 Å². The van der Waals surface area contributed by atoms with E-state index >= 15 is 0 Å². The molecule has 22 heavy (non-hydrogen) atoms. The lowest BCUT2D eigenvalue weighted by Gasteiger charge is -2.35. The van der Waals surface area contributed by atoms with Crippen LogP contribution in [-0.4, -0.2) is 57.8 Å². The summed E-state index contributed by atoms with van der Waals surface area (Å²) in [5.74, 6) is -0.0206. The molecule has 0 saturated carbocycles. The number of aromatic nitrogens is 3. The Morgan fingerprint density at radius 2 is 2.45 bits per heavy atom. The molecule has 0 bridgehead atoms. The number of hydrogen-bond donors (Lipinski definition) is 1. The van der Waals surface area contributed by atoms with E-state index in [4.69, 9.17) is 4.74 Å². The van der Waals surface area contributed by atoms with Crippen molar-refractivity contribution >= 4 is 17.2 Å². The van der Waals surface area contributed by atoms with E-state index in [0.717, 1.165) is 26.1 Å². The van der Waals surface area contributed by atoms with Gasteiger partial charge in [-0.2, -0.15) is 0 Å². The van der Waals surface area contributed by atoms with Crippen molar-refractivity contribution in [2.75, 3.05) is 31.6 Å². The third-order valence-corrected chi connectivity index (χ3v) is 3.88. The van der Waals surface area contributed by atoms with Gasteiger partial charge in [-0.25, -0.2) is 0 Å².